The topological polar surface area (TPSA) is 62.2 Å². The lowest BCUT2D eigenvalue weighted by molar-refractivity contribution is -0.144. The van der Waals surface area contributed by atoms with E-state index in [1.807, 2.05) is 37.3 Å². The number of para-hydroxylation sites is 1. The van der Waals surface area contributed by atoms with Gasteiger partial charge in [-0.3, -0.25) is 15.1 Å². The van der Waals surface area contributed by atoms with Gasteiger partial charge in [0, 0.05) is 18.1 Å². The molecule has 0 bridgehead atoms. The van der Waals surface area contributed by atoms with E-state index in [1.54, 1.807) is 13.1 Å². The minimum absolute atomic E-state index is 0.495. The average Bonchev–Trinajstić information content (AvgIpc) is 2.44. The van der Waals surface area contributed by atoms with Crippen molar-refractivity contribution in [3.63, 3.8) is 0 Å². The van der Waals surface area contributed by atoms with Gasteiger partial charge in [-0.05, 0) is 31.0 Å². The van der Waals surface area contributed by atoms with Gasteiger partial charge in [-0.1, -0.05) is 25.1 Å². The number of aromatic nitrogens is 1. The Bertz CT molecular complexity index is 597. The summed E-state index contributed by atoms with van der Waals surface area (Å²) in [6, 6.07) is 9.91. The number of carboxylic acids is 1. The number of hydrogen-bond donors (Lipinski definition) is 2. The number of hydrogen-bond acceptors (Lipinski definition) is 3. The molecule has 1 heterocycles. The SMILES string of the molecule is CCC(C)(NCc1cnc2ccccc2c1)C(=O)O. The van der Waals surface area contributed by atoms with Crippen LogP contribution in [-0.2, 0) is 11.3 Å². The van der Waals surface area contributed by atoms with Crippen LogP contribution >= 0.6 is 0 Å². The van der Waals surface area contributed by atoms with E-state index in [4.69, 9.17) is 0 Å². The highest BCUT2D eigenvalue weighted by Crippen LogP contribution is 2.15. The van der Waals surface area contributed by atoms with Crippen molar-refractivity contribution in [2.75, 3.05) is 0 Å². The van der Waals surface area contributed by atoms with Gasteiger partial charge in [0.2, 0.25) is 0 Å². The third kappa shape index (κ3) is 2.90. The van der Waals surface area contributed by atoms with E-state index >= 15 is 0 Å². The quantitative estimate of drug-likeness (QED) is 0.865. The Hall–Kier alpha value is -1.94. The third-order valence-electron chi connectivity index (χ3n) is 3.51. The molecule has 0 radical (unpaired) electrons. The van der Waals surface area contributed by atoms with Crippen LogP contribution in [0, 0.1) is 0 Å². The molecule has 0 aliphatic rings. The zero-order valence-corrected chi connectivity index (χ0v) is 11.2. The Morgan fingerprint density at radius 1 is 1.42 bits per heavy atom. The van der Waals surface area contributed by atoms with Crippen LogP contribution in [-0.4, -0.2) is 21.6 Å². The van der Waals surface area contributed by atoms with Crippen LogP contribution < -0.4 is 5.32 Å². The van der Waals surface area contributed by atoms with Gasteiger partial charge in [0.05, 0.1) is 5.52 Å². The lowest BCUT2D eigenvalue weighted by Gasteiger charge is -2.24. The van der Waals surface area contributed by atoms with Gasteiger partial charge in [0.15, 0.2) is 0 Å². The molecule has 2 rings (SSSR count). The number of pyridine rings is 1. The smallest absolute Gasteiger partial charge is 0.323 e. The number of fused-ring (bicyclic) bond motifs is 1. The lowest BCUT2D eigenvalue weighted by Crippen LogP contribution is -2.48. The molecule has 0 fully saturated rings. The molecule has 0 spiro atoms. The van der Waals surface area contributed by atoms with E-state index in [1.165, 1.54) is 0 Å². The number of carboxylic acid groups (broad SMARTS) is 1. The molecule has 4 heteroatoms. The summed E-state index contributed by atoms with van der Waals surface area (Å²) in [5.74, 6) is -0.830. The van der Waals surface area contributed by atoms with Crippen molar-refractivity contribution >= 4 is 16.9 Å². The minimum Gasteiger partial charge on any atom is -0.480 e. The highest BCUT2D eigenvalue weighted by atomic mass is 16.4. The first-order valence-corrected chi connectivity index (χ1v) is 6.37. The van der Waals surface area contributed by atoms with E-state index in [0.717, 1.165) is 16.5 Å². The first-order chi connectivity index (χ1) is 9.05. The summed E-state index contributed by atoms with van der Waals surface area (Å²) in [4.78, 5) is 15.6. The van der Waals surface area contributed by atoms with Gasteiger partial charge in [-0.2, -0.15) is 0 Å². The van der Waals surface area contributed by atoms with Crippen molar-refractivity contribution in [1.82, 2.24) is 10.3 Å². The fraction of sp³-hybridized carbons (Fsp3) is 0.333. The lowest BCUT2D eigenvalue weighted by atomic mass is 9.99. The van der Waals surface area contributed by atoms with Gasteiger partial charge < -0.3 is 5.11 Å². The Morgan fingerprint density at radius 2 is 2.16 bits per heavy atom. The van der Waals surface area contributed by atoms with Gasteiger partial charge in [0.25, 0.3) is 0 Å². The minimum atomic E-state index is -0.897. The number of aliphatic carboxylic acids is 1. The molecular formula is C15H18N2O2. The Kier molecular flexibility index (Phi) is 3.81. The van der Waals surface area contributed by atoms with Gasteiger partial charge in [-0.25, -0.2) is 0 Å². The van der Waals surface area contributed by atoms with E-state index in [2.05, 4.69) is 10.3 Å². The highest BCUT2D eigenvalue weighted by molar-refractivity contribution is 5.79. The summed E-state index contributed by atoms with van der Waals surface area (Å²) < 4.78 is 0. The van der Waals surface area contributed by atoms with E-state index in [0.29, 0.717) is 13.0 Å². The summed E-state index contributed by atoms with van der Waals surface area (Å²) in [5, 5.41) is 13.4. The monoisotopic (exact) mass is 258 g/mol. The number of nitrogens with one attached hydrogen (secondary N) is 1. The van der Waals surface area contributed by atoms with Crippen molar-refractivity contribution in [3.05, 3.63) is 42.1 Å². The number of carbonyl (C=O) groups is 1. The van der Waals surface area contributed by atoms with E-state index in [-0.39, 0.29) is 0 Å². The first-order valence-electron chi connectivity index (χ1n) is 6.37. The number of nitrogens with zero attached hydrogens (tertiary/aromatic N) is 1. The summed E-state index contributed by atoms with van der Waals surface area (Å²) in [6.07, 6.45) is 2.32. The van der Waals surface area contributed by atoms with Crippen molar-refractivity contribution in [2.24, 2.45) is 0 Å². The molecule has 0 aliphatic carbocycles. The second-order valence-electron chi connectivity index (χ2n) is 4.88. The van der Waals surface area contributed by atoms with Gasteiger partial charge in [-0.15, -0.1) is 0 Å². The molecule has 0 amide bonds. The molecule has 2 aromatic rings. The van der Waals surface area contributed by atoms with E-state index < -0.39 is 11.5 Å². The largest absolute Gasteiger partial charge is 0.480 e. The van der Waals surface area contributed by atoms with Crippen LogP contribution in [0.5, 0.6) is 0 Å². The molecule has 0 saturated carbocycles. The molecule has 1 aromatic carbocycles. The second kappa shape index (κ2) is 5.36. The number of benzene rings is 1. The maximum atomic E-state index is 11.2. The molecular weight excluding hydrogens is 240 g/mol. The van der Waals surface area contributed by atoms with Crippen LogP contribution in [0.2, 0.25) is 0 Å². The van der Waals surface area contributed by atoms with E-state index in [9.17, 15) is 9.90 Å². The summed E-state index contributed by atoms with van der Waals surface area (Å²) >= 11 is 0. The van der Waals surface area contributed by atoms with Crippen LogP contribution in [0.3, 0.4) is 0 Å². The highest BCUT2D eigenvalue weighted by Gasteiger charge is 2.29. The van der Waals surface area contributed by atoms with Crippen molar-refractivity contribution in [3.8, 4) is 0 Å². The molecule has 1 atom stereocenters. The zero-order chi connectivity index (χ0) is 13.9. The Balaban J connectivity index is 2.15. The fourth-order valence-electron chi connectivity index (χ4n) is 1.86. The van der Waals surface area contributed by atoms with Crippen molar-refractivity contribution in [2.45, 2.75) is 32.4 Å². The van der Waals surface area contributed by atoms with Crippen LogP contribution in [0.25, 0.3) is 10.9 Å². The van der Waals surface area contributed by atoms with Crippen molar-refractivity contribution in [1.29, 1.82) is 0 Å². The second-order valence-corrected chi connectivity index (χ2v) is 4.88. The Morgan fingerprint density at radius 3 is 2.84 bits per heavy atom. The maximum Gasteiger partial charge on any atom is 0.323 e. The standard InChI is InChI=1S/C15H18N2O2/c1-3-15(2,14(18)19)17-10-11-8-12-6-4-5-7-13(12)16-9-11/h4-9,17H,3,10H2,1-2H3,(H,18,19). The number of rotatable bonds is 5. The van der Waals surface area contributed by atoms with Gasteiger partial charge in [0.1, 0.15) is 5.54 Å². The Labute approximate surface area is 112 Å². The third-order valence-corrected chi connectivity index (χ3v) is 3.51. The predicted molar refractivity (Wildman–Crippen MR) is 74.9 cm³/mol. The molecule has 1 aromatic heterocycles. The molecule has 4 nitrogen and oxygen atoms in total. The first kappa shape index (κ1) is 13.5. The van der Waals surface area contributed by atoms with Crippen LogP contribution in [0.1, 0.15) is 25.8 Å². The summed E-state index contributed by atoms with van der Waals surface area (Å²) in [6.45, 7) is 4.05. The zero-order valence-electron chi connectivity index (χ0n) is 11.2. The summed E-state index contributed by atoms with van der Waals surface area (Å²) in [5.41, 5.74) is 1.04. The molecule has 1 unspecified atom stereocenters. The van der Waals surface area contributed by atoms with Crippen LogP contribution in [0.4, 0.5) is 0 Å². The normalized spacial score (nSPS) is 14.2. The van der Waals surface area contributed by atoms with Crippen molar-refractivity contribution < 1.29 is 9.90 Å². The molecule has 2 N–H and O–H groups in total. The molecule has 0 saturated heterocycles. The summed E-state index contributed by atoms with van der Waals surface area (Å²) in [7, 11) is 0. The van der Waals surface area contributed by atoms with Gasteiger partial charge >= 0.3 is 5.97 Å². The molecule has 100 valence electrons. The molecule has 0 aliphatic heterocycles. The predicted octanol–water partition coefficient (Wildman–Crippen LogP) is 2.58. The average molecular weight is 258 g/mol. The molecule has 19 heavy (non-hydrogen) atoms. The maximum absolute atomic E-state index is 11.2. The van der Waals surface area contributed by atoms with Crippen LogP contribution in [0.15, 0.2) is 36.5 Å². The fourth-order valence-corrected chi connectivity index (χ4v) is 1.86.